The molecular weight excluding hydrogens is 356 g/mol. The topological polar surface area (TPSA) is 43.4 Å². The highest BCUT2D eigenvalue weighted by atomic mass is 32.1. The molecule has 3 rings (SSSR count). The number of ether oxygens (including phenoxy) is 1. The highest BCUT2D eigenvalue weighted by Gasteiger charge is 2.15. The van der Waals surface area contributed by atoms with Crippen LogP contribution in [0.25, 0.3) is 11.1 Å². The summed E-state index contributed by atoms with van der Waals surface area (Å²) in [4.78, 5) is 26.2. The number of benzene rings is 2. The Morgan fingerprint density at radius 1 is 0.963 bits per heavy atom. The second-order valence-electron chi connectivity index (χ2n) is 6.38. The van der Waals surface area contributed by atoms with Gasteiger partial charge in [0.2, 0.25) is 0 Å². The fourth-order valence-corrected chi connectivity index (χ4v) is 3.87. The molecule has 3 aromatic rings. The van der Waals surface area contributed by atoms with Gasteiger partial charge in [-0.05, 0) is 36.1 Å². The fraction of sp³-hybridized carbons (Fsp3) is 0.217. The molecule has 0 amide bonds. The molecule has 1 aromatic heterocycles. The van der Waals surface area contributed by atoms with Crippen molar-refractivity contribution in [3.8, 4) is 11.1 Å². The van der Waals surface area contributed by atoms with E-state index in [1.807, 2.05) is 55.5 Å². The minimum absolute atomic E-state index is 0.204. The van der Waals surface area contributed by atoms with Crippen LogP contribution in [0.2, 0.25) is 0 Å². The van der Waals surface area contributed by atoms with Crippen molar-refractivity contribution >= 4 is 23.1 Å². The minimum atomic E-state index is -0.431. The van der Waals surface area contributed by atoms with Crippen LogP contribution < -0.4 is 0 Å². The Balaban J connectivity index is 1.60. The molecule has 0 radical (unpaired) electrons. The van der Waals surface area contributed by atoms with Crippen molar-refractivity contribution in [3.05, 3.63) is 81.5 Å². The lowest BCUT2D eigenvalue weighted by molar-refractivity contribution is 0.0479. The number of aryl methyl sites for hydroxylation is 2. The summed E-state index contributed by atoms with van der Waals surface area (Å²) >= 11 is 1.42. The number of hydrogen-bond acceptors (Lipinski definition) is 4. The van der Waals surface area contributed by atoms with E-state index in [-0.39, 0.29) is 12.4 Å². The van der Waals surface area contributed by atoms with E-state index in [0.29, 0.717) is 10.4 Å². The van der Waals surface area contributed by atoms with Crippen LogP contribution >= 0.6 is 11.3 Å². The first kappa shape index (κ1) is 19.1. The van der Waals surface area contributed by atoms with Crippen LogP contribution in [0.3, 0.4) is 0 Å². The molecule has 0 N–H and O–H groups in total. The quantitative estimate of drug-likeness (QED) is 0.390. The van der Waals surface area contributed by atoms with E-state index in [1.54, 1.807) is 12.1 Å². The van der Waals surface area contributed by atoms with Gasteiger partial charge in [0.25, 0.3) is 0 Å². The lowest BCUT2D eigenvalue weighted by atomic mass is 10.0. The van der Waals surface area contributed by atoms with Crippen LogP contribution in [-0.2, 0) is 11.2 Å². The first-order valence-corrected chi connectivity index (χ1v) is 9.85. The molecule has 0 aliphatic rings. The molecule has 0 spiro atoms. The zero-order chi connectivity index (χ0) is 19.2. The normalized spacial score (nSPS) is 10.6. The maximum atomic E-state index is 12.3. The number of hydrogen-bond donors (Lipinski definition) is 0. The average molecular weight is 378 g/mol. The Bertz CT molecular complexity index is 924. The van der Waals surface area contributed by atoms with Crippen LogP contribution in [0.5, 0.6) is 0 Å². The average Bonchev–Trinajstić information content (AvgIpc) is 3.07. The van der Waals surface area contributed by atoms with Crippen molar-refractivity contribution in [2.24, 2.45) is 0 Å². The Morgan fingerprint density at radius 2 is 1.63 bits per heavy atom. The first-order valence-electron chi connectivity index (χ1n) is 9.03. The van der Waals surface area contributed by atoms with Gasteiger partial charge in [-0.1, -0.05) is 67.9 Å². The van der Waals surface area contributed by atoms with Crippen molar-refractivity contribution in [3.63, 3.8) is 0 Å². The smallest absolute Gasteiger partial charge is 0.348 e. The number of ketones is 1. The molecule has 0 aliphatic carbocycles. The van der Waals surface area contributed by atoms with Gasteiger partial charge in [-0.25, -0.2) is 4.79 Å². The van der Waals surface area contributed by atoms with Gasteiger partial charge >= 0.3 is 5.97 Å². The first-order chi connectivity index (χ1) is 13.1. The third-order valence-corrected chi connectivity index (χ3v) is 5.46. The zero-order valence-corrected chi connectivity index (χ0v) is 16.3. The third-order valence-electron chi connectivity index (χ3n) is 4.39. The highest BCUT2D eigenvalue weighted by molar-refractivity contribution is 7.14. The molecule has 0 bridgehead atoms. The van der Waals surface area contributed by atoms with Gasteiger partial charge in [0.1, 0.15) is 4.88 Å². The summed E-state index contributed by atoms with van der Waals surface area (Å²) in [5.41, 5.74) is 3.86. The number of carbonyl (C=O) groups excluding carboxylic acids is 2. The van der Waals surface area contributed by atoms with E-state index in [9.17, 15) is 9.59 Å². The molecule has 0 atom stereocenters. The summed E-state index contributed by atoms with van der Waals surface area (Å²) in [7, 11) is 0. The molecule has 0 aliphatic heterocycles. The van der Waals surface area contributed by atoms with Crippen LogP contribution in [0.15, 0.2) is 60.7 Å². The van der Waals surface area contributed by atoms with Gasteiger partial charge in [-0.3, -0.25) is 4.79 Å². The summed E-state index contributed by atoms with van der Waals surface area (Å²) in [6.07, 6.45) is 1.98. The predicted molar refractivity (Wildman–Crippen MR) is 110 cm³/mol. The number of carbonyl (C=O) groups is 2. The van der Waals surface area contributed by atoms with Crippen molar-refractivity contribution in [1.82, 2.24) is 0 Å². The lowest BCUT2D eigenvalue weighted by Crippen LogP contribution is -2.13. The van der Waals surface area contributed by atoms with Gasteiger partial charge in [0.15, 0.2) is 12.4 Å². The molecule has 3 nitrogen and oxygen atoms in total. The number of thiophene rings is 1. The predicted octanol–water partition coefficient (Wildman–Crippen LogP) is 5.72. The third kappa shape index (κ3) is 4.72. The van der Waals surface area contributed by atoms with Crippen molar-refractivity contribution < 1.29 is 14.3 Å². The monoisotopic (exact) mass is 378 g/mol. The molecule has 4 heteroatoms. The molecule has 0 saturated heterocycles. The maximum Gasteiger partial charge on any atom is 0.348 e. The van der Waals surface area contributed by atoms with Crippen LogP contribution in [-0.4, -0.2) is 18.4 Å². The Hall–Kier alpha value is -2.72. The Morgan fingerprint density at radius 3 is 2.30 bits per heavy atom. The minimum Gasteiger partial charge on any atom is -0.453 e. The van der Waals surface area contributed by atoms with Crippen molar-refractivity contribution in [1.29, 1.82) is 0 Å². The molecule has 27 heavy (non-hydrogen) atoms. The number of esters is 1. The Kier molecular flexibility index (Phi) is 6.20. The van der Waals surface area contributed by atoms with Gasteiger partial charge in [0.05, 0.1) is 0 Å². The van der Waals surface area contributed by atoms with Gasteiger partial charge < -0.3 is 4.74 Å². The van der Waals surface area contributed by atoms with Gasteiger partial charge in [-0.2, -0.15) is 0 Å². The van der Waals surface area contributed by atoms with Gasteiger partial charge in [-0.15, -0.1) is 11.3 Å². The summed E-state index contributed by atoms with van der Waals surface area (Å²) in [5.74, 6) is -0.635. The summed E-state index contributed by atoms with van der Waals surface area (Å²) in [6, 6.07) is 19.2. The number of rotatable bonds is 7. The van der Waals surface area contributed by atoms with Crippen molar-refractivity contribution in [2.45, 2.75) is 26.7 Å². The summed E-state index contributed by atoms with van der Waals surface area (Å²) in [5, 5.41) is 0. The van der Waals surface area contributed by atoms with Crippen LogP contribution in [0.4, 0.5) is 0 Å². The zero-order valence-electron chi connectivity index (χ0n) is 15.5. The number of Topliss-reactive ketones (excluding diaryl/α,β-unsaturated/α-hetero) is 1. The molecule has 0 saturated carbocycles. The van der Waals surface area contributed by atoms with Gasteiger partial charge in [0, 0.05) is 10.4 Å². The second-order valence-corrected chi connectivity index (χ2v) is 7.64. The molecular formula is C23H22O3S. The standard InChI is InChI=1S/C23H22O3S/c1-3-7-20-14-22(27-16(20)2)23(25)26-15-21(24)19-12-10-18(11-13-19)17-8-5-4-6-9-17/h4-6,8-14H,3,7,15H2,1-2H3. The molecule has 0 unspecified atom stereocenters. The fourth-order valence-electron chi connectivity index (χ4n) is 2.90. The van der Waals surface area contributed by atoms with E-state index in [4.69, 9.17) is 4.74 Å². The molecule has 0 fully saturated rings. The van der Waals surface area contributed by atoms with Crippen LogP contribution in [0, 0.1) is 6.92 Å². The Labute approximate surface area is 163 Å². The SMILES string of the molecule is CCCc1cc(C(=O)OCC(=O)c2ccc(-c3ccccc3)cc2)sc1C. The summed E-state index contributed by atoms with van der Waals surface area (Å²) in [6.45, 7) is 3.87. The van der Waals surface area contributed by atoms with E-state index in [2.05, 4.69) is 6.92 Å². The second kappa shape index (κ2) is 8.78. The summed E-state index contributed by atoms with van der Waals surface area (Å²) < 4.78 is 5.23. The van der Waals surface area contributed by atoms with E-state index in [1.165, 1.54) is 16.9 Å². The van der Waals surface area contributed by atoms with Crippen LogP contribution in [0.1, 0.15) is 43.8 Å². The molecule has 138 valence electrons. The largest absolute Gasteiger partial charge is 0.453 e. The van der Waals surface area contributed by atoms with E-state index in [0.717, 1.165) is 28.8 Å². The van der Waals surface area contributed by atoms with Crippen molar-refractivity contribution in [2.75, 3.05) is 6.61 Å². The molecule has 1 heterocycles. The van der Waals surface area contributed by atoms with E-state index < -0.39 is 5.97 Å². The maximum absolute atomic E-state index is 12.3. The van der Waals surface area contributed by atoms with E-state index >= 15 is 0 Å². The lowest BCUT2D eigenvalue weighted by Gasteiger charge is -2.05. The molecule has 2 aromatic carbocycles. The highest BCUT2D eigenvalue weighted by Crippen LogP contribution is 2.24.